The molecule has 0 bridgehead atoms. The SMILES string of the molecule is COC(=O)C[C@@H](N)c1c(C#N)ccc(F)c1O. The van der Waals surface area contributed by atoms with E-state index in [1.165, 1.54) is 13.2 Å². The fourth-order valence-electron chi connectivity index (χ4n) is 1.42. The van der Waals surface area contributed by atoms with Crippen molar-refractivity contribution in [3.63, 3.8) is 0 Å². The monoisotopic (exact) mass is 238 g/mol. The van der Waals surface area contributed by atoms with Crippen LogP contribution in [0.3, 0.4) is 0 Å². The lowest BCUT2D eigenvalue weighted by Crippen LogP contribution is -2.18. The summed E-state index contributed by atoms with van der Waals surface area (Å²) in [6.07, 6.45) is -0.248. The van der Waals surface area contributed by atoms with E-state index >= 15 is 0 Å². The van der Waals surface area contributed by atoms with Crippen molar-refractivity contribution in [3.05, 3.63) is 29.1 Å². The summed E-state index contributed by atoms with van der Waals surface area (Å²) in [5, 5.41) is 18.3. The quantitative estimate of drug-likeness (QED) is 0.764. The van der Waals surface area contributed by atoms with Crippen molar-refractivity contribution in [2.24, 2.45) is 5.73 Å². The molecular formula is C11H11FN2O3. The second kappa shape index (κ2) is 5.27. The molecule has 0 saturated carbocycles. The largest absolute Gasteiger partial charge is 0.505 e. The number of phenols is 1. The molecule has 0 fully saturated rings. The van der Waals surface area contributed by atoms with Crippen LogP contribution in [0, 0.1) is 17.1 Å². The lowest BCUT2D eigenvalue weighted by molar-refractivity contribution is -0.141. The first kappa shape index (κ1) is 12.9. The summed E-state index contributed by atoms with van der Waals surface area (Å²) < 4.78 is 17.6. The summed E-state index contributed by atoms with van der Waals surface area (Å²) in [6, 6.07) is 2.94. The lowest BCUT2D eigenvalue weighted by Gasteiger charge is -2.14. The van der Waals surface area contributed by atoms with Crippen LogP contribution >= 0.6 is 0 Å². The highest BCUT2D eigenvalue weighted by atomic mass is 19.1. The Morgan fingerprint density at radius 1 is 1.71 bits per heavy atom. The number of phenolic OH excluding ortho intramolecular Hbond substituents is 1. The summed E-state index contributed by atoms with van der Waals surface area (Å²) in [5.74, 6) is -2.20. The maximum absolute atomic E-state index is 13.1. The summed E-state index contributed by atoms with van der Waals surface area (Å²) in [5.41, 5.74) is 5.58. The smallest absolute Gasteiger partial charge is 0.307 e. The number of carbonyl (C=O) groups excluding carboxylic acids is 1. The number of halogens is 1. The van der Waals surface area contributed by atoms with Crippen molar-refractivity contribution in [3.8, 4) is 11.8 Å². The van der Waals surface area contributed by atoms with Gasteiger partial charge in [-0.1, -0.05) is 0 Å². The van der Waals surface area contributed by atoms with Crippen LogP contribution in [0.25, 0.3) is 0 Å². The molecule has 17 heavy (non-hydrogen) atoms. The molecule has 0 heterocycles. The molecule has 0 spiro atoms. The van der Waals surface area contributed by atoms with Crippen LogP contribution in [0.5, 0.6) is 5.75 Å². The average Bonchev–Trinajstić information content (AvgIpc) is 2.31. The third-order valence-corrected chi connectivity index (χ3v) is 2.27. The molecule has 0 amide bonds. The van der Waals surface area contributed by atoms with Crippen molar-refractivity contribution in [1.29, 1.82) is 5.26 Å². The van der Waals surface area contributed by atoms with Crippen LogP contribution in [0.4, 0.5) is 4.39 Å². The van der Waals surface area contributed by atoms with Gasteiger partial charge in [-0.05, 0) is 12.1 Å². The highest BCUT2D eigenvalue weighted by Gasteiger charge is 2.21. The van der Waals surface area contributed by atoms with E-state index < -0.39 is 23.6 Å². The zero-order valence-corrected chi connectivity index (χ0v) is 9.11. The Hall–Kier alpha value is -2.13. The summed E-state index contributed by atoms with van der Waals surface area (Å²) in [4.78, 5) is 11.0. The Labute approximate surface area is 97.2 Å². The van der Waals surface area contributed by atoms with Crippen LogP contribution in [0.2, 0.25) is 0 Å². The number of rotatable bonds is 3. The van der Waals surface area contributed by atoms with Crippen LogP contribution in [0.15, 0.2) is 12.1 Å². The number of nitrogens with zero attached hydrogens (tertiary/aromatic N) is 1. The van der Waals surface area contributed by atoms with E-state index in [0.29, 0.717) is 0 Å². The van der Waals surface area contributed by atoms with Crippen molar-refractivity contribution in [2.45, 2.75) is 12.5 Å². The minimum atomic E-state index is -0.993. The molecule has 0 aliphatic rings. The van der Waals surface area contributed by atoms with E-state index in [1.54, 1.807) is 6.07 Å². The molecule has 6 heteroatoms. The Morgan fingerprint density at radius 3 is 2.88 bits per heavy atom. The summed E-state index contributed by atoms with van der Waals surface area (Å²) >= 11 is 0. The van der Waals surface area contributed by atoms with Gasteiger partial charge in [-0.25, -0.2) is 4.39 Å². The predicted octanol–water partition coefficient (Wildman–Crippen LogP) is 0.966. The molecule has 0 radical (unpaired) electrons. The molecule has 1 rings (SSSR count). The Kier molecular flexibility index (Phi) is 4.01. The molecule has 0 aliphatic carbocycles. The Balaban J connectivity index is 3.16. The highest BCUT2D eigenvalue weighted by molar-refractivity contribution is 5.70. The Bertz CT molecular complexity index is 482. The normalized spacial score (nSPS) is 11.6. The zero-order chi connectivity index (χ0) is 13.0. The number of methoxy groups -OCH3 is 1. The van der Waals surface area contributed by atoms with Crippen molar-refractivity contribution >= 4 is 5.97 Å². The first-order valence-corrected chi connectivity index (χ1v) is 4.75. The second-order valence-corrected chi connectivity index (χ2v) is 3.36. The fraction of sp³-hybridized carbons (Fsp3) is 0.273. The van der Waals surface area contributed by atoms with Crippen LogP contribution in [0.1, 0.15) is 23.6 Å². The number of ether oxygens (including phenoxy) is 1. The van der Waals surface area contributed by atoms with Crippen LogP contribution in [-0.4, -0.2) is 18.2 Å². The summed E-state index contributed by atoms with van der Waals surface area (Å²) in [6.45, 7) is 0. The average molecular weight is 238 g/mol. The third-order valence-electron chi connectivity index (χ3n) is 2.27. The number of carbonyl (C=O) groups is 1. The van der Waals surface area contributed by atoms with E-state index in [0.717, 1.165) is 6.07 Å². The van der Waals surface area contributed by atoms with E-state index in [9.17, 15) is 14.3 Å². The minimum Gasteiger partial charge on any atom is -0.505 e. The molecule has 0 aliphatic heterocycles. The van der Waals surface area contributed by atoms with Crippen LogP contribution < -0.4 is 5.73 Å². The fourth-order valence-corrected chi connectivity index (χ4v) is 1.42. The molecule has 90 valence electrons. The first-order valence-electron chi connectivity index (χ1n) is 4.75. The molecule has 1 aromatic carbocycles. The number of benzene rings is 1. The molecule has 5 nitrogen and oxygen atoms in total. The standard InChI is InChI=1S/C11H11FN2O3/c1-17-9(15)4-8(14)10-6(5-13)2-3-7(12)11(10)16/h2-3,8,16H,4,14H2,1H3/t8-/m1/s1. The topological polar surface area (TPSA) is 96.3 Å². The van der Waals surface area contributed by atoms with Crippen LogP contribution in [-0.2, 0) is 9.53 Å². The van der Waals surface area contributed by atoms with E-state index in [-0.39, 0.29) is 17.5 Å². The maximum atomic E-state index is 13.1. The first-order chi connectivity index (χ1) is 8.01. The number of esters is 1. The van der Waals surface area contributed by atoms with Gasteiger partial charge in [0.05, 0.1) is 25.2 Å². The molecule has 0 aromatic heterocycles. The van der Waals surface area contributed by atoms with Gasteiger partial charge in [0, 0.05) is 11.6 Å². The molecule has 0 unspecified atom stereocenters. The number of hydrogen-bond donors (Lipinski definition) is 2. The van der Waals surface area contributed by atoms with Crippen molar-refractivity contribution in [2.75, 3.05) is 7.11 Å². The van der Waals surface area contributed by atoms with Gasteiger partial charge in [0.15, 0.2) is 11.6 Å². The second-order valence-electron chi connectivity index (χ2n) is 3.36. The van der Waals surface area contributed by atoms with E-state index in [2.05, 4.69) is 4.74 Å². The van der Waals surface area contributed by atoms with Crippen molar-refractivity contribution < 1.29 is 19.0 Å². The number of nitriles is 1. The molecular weight excluding hydrogens is 227 g/mol. The summed E-state index contributed by atoms with van der Waals surface area (Å²) in [7, 11) is 1.19. The van der Waals surface area contributed by atoms with Gasteiger partial charge in [0.25, 0.3) is 0 Å². The third kappa shape index (κ3) is 2.71. The highest BCUT2D eigenvalue weighted by Crippen LogP contribution is 2.30. The molecule has 3 N–H and O–H groups in total. The van der Waals surface area contributed by atoms with Gasteiger partial charge < -0.3 is 15.6 Å². The molecule has 1 atom stereocenters. The Morgan fingerprint density at radius 2 is 2.35 bits per heavy atom. The van der Waals surface area contributed by atoms with Crippen molar-refractivity contribution in [1.82, 2.24) is 0 Å². The molecule has 0 saturated heterocycles. The van der Waals surface area contributed by atoms with E-state index in [1.807, 2.05) is 0 Å². The number of nitrogens with two attached hydrogens (primary N) is 1. The van der Waals surface area contributed by atoms with Gasteiger partial charge in [-0.15, -0.1) is 0 Å². The number of aromatic hydroxyl groups is 1. The lowest BCUT2D eigenvalue weighted by atomic mass is 9.98. The maximum Gasteiger partial charge on any atom is 0.307 e. The van der Waals surface area contributed by atoms with Gasteiger partial charge in [-0.2, -0.15) is 5.26 Å². The zero-order valence-electron chi connectivity index (χ0n) is 9.11. The molecule has 1 aromatic rings. The van der Waals surface area contributed by atoms with Gasteiger partial charge >= 0.3 is 5.97 Å². The van der Waals surface area contributed by atoms with Gasteiger partial charge in [-0.3, -0.25) is 4.79 Å². The van der Waals surface area contributed by atoms with Gasteiger partial charge in [0.1, 0.15) is 0 Å². The number of hydrogen-bond acceptors (Lipinski definition) is 5. The minimum absolute atomic E-state index is 0.0281. The predicted molar refractivity (Wildman–Crippen MR) is 56.3 cm³/mol. The van der Waals surface area contributed by atoms with E-state index in [4.69, 9.17) is 11.0 Å². The van der Waals surface area contributed by atoms with Gasteiger partial charge in [0.2, 0.25) is 0 Å².